The molecule has 0 heterocycles. The number of aliphatic hydroxyl groups excluding tert-OH is 1. The number of nitrogens with two attached hydrogens (primary N) is 1. The summed E-state index contributed by atoms with van der Waals surface area (Å²) >= 11 is 0. The zero-order valence-electron chi connectivity index (χ0n) is 8.21. The summed E-state index contributed by atoms with van der Waals surface area (Å²) in [5.74, 6) is 0.543. The van der Waals surface area contributed by atoms with Crippen molar-refractivity contribution < 1.29 is 5.11 Å². The van der Waals surface area contributed by atoms with Gasteiger partial charge in [0.2, 0.25) is 0 Å². The van der Waals surface area contributed by atoms with E-state index >= 15 is 0 Å². The summed E-state index contributed by atoms with van der Waals surface area (Å²) in [6.45, 7) is 4.25. The van der Waals surface area contributed by atoms with E-state index in [1.54, 1.807) is 0 Å². The second-order valence-corrected chi connectivity index (χ2v) is 4.59. The Hall–Kier alpha value is -0.0800. The summed E-state index contributed by atoms with van der Waals surface area (Å²) in [5, 5.41) is 9.85. The van der Waals surface area contributed by atoms with Gasteiger partial charge in [-0.05, 0) is 25.2 Å². The van der Waals surface area contributed by atoms with Crippen LogP contribution in [-0.4, -0.2) is 16.7 Å². The fourth-order valence-electron chi connectivity index (χ4n) is 2.05. The maximum absolute atomic E-state index is 9.85. The van der Waals surface area contributed by atoms with Crippen LogP contribution in [0.4, 0.5) is 0 Å². The van der Waals surface area contributed by atoms with Gasteiger partial charge >= 0.3 is 0 Å². The van der Waals surface area contributed by atoms with Crippen LogP contribution < -0.4 is 5.73 Å². The second kappa shape index (κ2) is 3.75. The van der Waals surface area contributed by atoms with Crippen LogP contribution >= 0.6 is 0 Å². The molecule has 1 saturated carbocycles. The first-order valence-electron chi connectivity index (χ1n) is 5.01. The predicted octanol–water partition coefficient (Wildman–Crippen LogP) is 1.66. The van der Waals surface area contributed by atoms with Gasteiger partial charge < -0.3 is 10.8 Å². The third-order valence-corrected chi connectivity index (χ3v) is 2.89. The molecule has 0 spiro atoms. The van der Waals surface area contributed by atoms with Crippen LogP contribution in [0, 0.1) is 5.92 Å². The lowest BCUT2D eigenvalue weighted by Crippen LogP contribution is -2.48. The van der Waals surface area contributed by atoms with E-state index in [2.05, 4.69) is 13.8 Å². The van der Waals surface area contributed by atoms with Crippen LogP contribution in [0.3, 0.4) is 0 Å². The molecule has 0 saturated heterocycles. The Kier molecular flexibility index (Phi) is 3.13. The molecule has 0 radical (unpaired) electrons. The monoisotopic (exact) mass is 171 g/mol. The summed E-state index contributed by atoms with van der Waals surface area (Å²) in [6, 6.07) is 0. The van der Waals surface area contributed by atoms with Gasteiger partial charge in [-0.3, -0.25) is 0 Å². The molecule has 1 fully saturated rings. The van der Waals surface area contributed by atoms with Crippen molar-refractivity contribution in [3.8, 4) is 0 Å². The number of rotatable bonds is 3. The molecule has 1 unspecified atom stereocenters. The van der Waals surface area contributed by atoms with Gasteiger partial charge in [0.15, 0.2) is 0 Å². The van der Waals surface area contributed by atoms with Gasteiger partial charge in [-0.1, -0.05) is 26.7 Å². The van der Waals surface area contributed by atoms with Crippen molar-refractivity contribution in [3.05, 3.63) is 0 Å². The lowest BCUT2D eigenvalue weighted by molar-refractivity contribution is 0.0679. The largest absolute Gasteiger partial charge is 0.391 e. The van der Waals surface area contributed by atoms with Crippen LogP contribution in [0.25, 0.3) is 0 Å². The third kappa shape index (κ3) is 2.20. The minimum atomic E-state index is -0.292. The smallest absolute Gasteiger partial charge is 0.0722 e. The molecule has 3 N–H and O–H groups in total. The fraction of sp³-hybridized carbons (Fsp3) is 1.00. The molecule has 0 aliphatic heterocycles. The number of hydrogen-bond acceptors (Lipinski definition) is 2. The van der Waals surface area contributed by atoms with Gasteiger partial charge in [-0.25, -0.2) is 0 Å². The van der Waals surface area contributed by atoms with Gasteiger partial charge in [0.1, 0.15) is 0 Å². The molecule has 0 aromatic rings. The first kappa shape index (κ1) is 10.0. The molecule has 2 heteroatoms. The molecule has 0 bridgehead atoms. The molecular weight excluding hydrogens is 150 g/mol. The van der Waals surface area contributed by atoms with E-state index in [1.165, 1.54) is 12.8 Å². The molecule has 1 rings (SSSR count). The molecule has 0 amide bonds. The number of aliphatic hydroxyl groups is 1. The Morgan fingerprint density at radius 3 is 2.25 bits per heavy atom. The van der Waals surface area contributed by atoms with E-state index in [4.69, 9.17) is 5.73 Å². The highest BCUT2D eigenvalue weighted by molar-refractivity contribution is 4.95. The van der Waals surface area contributed by atoms with E-state index in [0.717, 1.165) is 19.3 Å². The van der Waals surface area contributed by atoms with E-state index in [-0.39, 0.29) is 11.6 Å². The van der Waals surface area contributed by atoms with Crippen LogP contribution in [-0.2, 0) is 0 Å². The van der Waals surface area contributed by atoms with E-state index in [1.807, 2.05) is 0 Å². The first-order valence-corrected chi connectivity index (χ1v) is 5.01. The van der Waals surface area contributed by atoms with Crippen molar-refractivity contribution in [2.75, 3.05) is 0 Å². The standard InChI is InChI=1S/C10H21NO/c1-8(2)7-9(12)10(11)5-3-4-6-10/h8-9,12H,3-7,11H2,1-2H3. The average Bonchev–Trinajstić information content (AvgIpc) is 2.36. The summed E-state index contributed by atoms with van der Waals surface area (Å²) in [7, 11) is 0. The summed E-state index contributed by atoms with van der Waals surface area (Å²) in [5.41, 5.74) is 5.84. The molecule has 1 atom stereocenters. The molecule has 1 aliphatic carbocycles. The fourth-order valence-corrected chi connectivity index (χ4v) is 2.05. The van der Waals surface area contributed by atoms with Crippen molar-refractivity contribution in [1.82, 2.24) is 0 Å². The highest BCUT2D eigenvalue weighted by Crippen LogP contribution is 2.32. The van der Waals surface area contributed by atoms with Gasteiger partial charge in [0, 0.05) is 5.54 Å². The van der Waals surface area contributed by atoms with Gasteiger partial charge in [-0.15, -0.1) is 0 Å². The quantitative estimate of drug-likeness (QED) is 0.678. The predicted molar refractivity (Wildman–Crippen MR) is 50.8 cm³/mol. The van der Waals surface area contributed by atoms with Gasteiger partial charge in [-0.2, -0.15) is 0 Å². The Morgan fingerprint density at radius 2 is 1.83 bits per heavy atom. The minimum absolute atomic E-state index is 0.260. The topological polar surface area (TPSA) is 46.2 Å². The highest BCUT2D eigenvalue weighted by Gasteiger charge is 2.36. The summed E-state index contributed by atoms with van der Waals surface area (Å²) < 4.78 is 0. The van der Waals surface area contributed by atoms with Crippen molar-refractivity contribution in [1.29, 1.82) is 0 Å². The summed E-state index contributed by atoms with van der Waals surface area (Å²) in [6.07, 6.45) is 4.93. The zero-order valence-corrected chi connectivity index (χ0v) is 8.21. The van der Waals surface area contributed by atoms with Crippen molar-refractivity contribution >= 4 is 0 Å². The van der Waals surface area contributed by atoms with Gasteiger partial charge in [0.25, 0.3) is 0 Å². The molecular formula is C10H21NO. The molecule has 2 nitrogen and oxygen atoms in total. The normalized spacial score (nSPS) is 24.8. The third-order valence-electron chi connectivity index (χ3n) is 2.89. The van der Waals surface area contributed by atoms with Crippen molar-refractivity contribution in [2.24, 2.45) is 11.7 Å². The van der Waals surface area contributed by atoms with E-state index in [9.17, 15) is 5.11 Å². The summed E-state index contributed by atoms with van der Waals surface area (Å²) in [4.78, 5) is 0. The van der Waals surface area contributed by atoms with Crippen LogP contribution in [0.5, 0.6) is 0 Å². The Bertz CT molecular complexity index is 139. The lowest BCUT2D eigenvalue weighted by Gasteiger charge is -2.30. The van der Waals surface area contributed by atoms with Crippen molar-refractivity contribution in [2.45, 2.75) is 57.6 Å². The second-order valence-electron chi connectivity index (χ2n) is 4.59. The van der Waals surface area contributed by atoms with Crippen LogP contribution in [0.2, 0.25) is 0 Å². The average molecular weight is 171 g/mol. The van der Waals surface area contributed by atoms with Gasteiger partial charge in [0.05, 0.1) is 6.10 Å². The minimum Gasteiger partial charge on any atom is -0.391 e. The van der Waals surface area contributed by atoms with Crippen LogP contribution in [0.1, 0.15) is 46.0 Å². The Morgan fingerprint density at radius 1 is 1.33 bits per heavy atom. The molecule has 0 aromatic heterocycles. The van der Waals surface area contributed by atoms with E-state index < -0.39 is 0 Å². The molecule has 1 aliphatic rings. The maximum atomic E-state index is 9.85. The molecule has 72 valence electrons. The van der Waals surface area contributed by atoms with Crippen LogP contribution in [0.15, 0.2) is 0 Å². The van der Waals surface area contributed by atoms with Crippen molar-refractivity contribution in [3.63, 3.8) is 0 Å². The highest BCUT2D eigenvalue weighted by atomic mass is 16.3. The molecule has 0 aromatic carbocycles. The SMILES string of the molecule is CC(C)CC(O)C1(N)CCCC1. The zero-order chi connectivity index (χ0) is 9.19. The Balaban J connectivity index is 2.44. The van der Waals surface area contributed by atoms with E-state index in [0.29, 0.717) is 5.92 Å². The molecule has 12 heavy (non-hydrogen) atoms. The maximum Gasteiger partial charge on any atom is 0.0722 e. The lowest BCUT2D eigenvalue weighted by atomic mass is 9.86. The Labute approximate surface area is 75.2 Å². The first-order chi connectivity index (χ1) is 5.54. The number of hydrogen-bond donors (Lipinski definition) is 2.